The number of benzene rings is 1. The van der Waals surface area contributed by atoms with Crippen LogP contribution < -0.4 is 10.1 Å². The van der Waals surface area contributed by atoms with Crippen LogP contribution >= 0.6 is 23.2 Å². The fourth-order valence-electron chi connectivity index (χ4n) is 2.45. The first-order valence-corrected chi connectivity index (χ1v) is 7.42. The predicted molar refractivity (Wildman–Crippen MR) is 86.5 cm³/mol. The summed E-state index contributed by atoms with van der Waals surface area (Å²) in [5.41, 5.74) is 3.02. The largest absolute Gasteiger partial charge is 0.496 e. The second kappa shape index (κ2) is 6.69. The summed E-state index contributed by atoms with van der Waals surface area (Å²) >= 11 is 12.3. The number of nitrogens with zero attached hydrogens (tertiary/aromatic N) is 2. The molecule has 6 heteroatoms. The molecule has 0 aliphatic heterocycles. The number of aryl methyl sites for hydroxylation is 2. The molecule has 21 heavy (non-hydrogen) atoms. The minimum Gasteiger partial charge on any atom is -0.496 e. The molecule has 0 spiro atoms. The lowest BCUT2D eigenvalue weighted by Gasteiger charge is -2.19. The number of hydrogen-bond acceptors (Lipinski definition) is 3. The van der Waals surface area contributed by atoms with Gasteiger partial charge in [0, 0.05) is 29.2 Å². The standard InChI is InChI=1S/C15H19Cl2N3O/c1-9-12(15(17)20(3)19-9)8-13(18-2)11-6-5-10(16)7-14(11)21-4/h5-7,13,18H,8H2,1-4H3. The van der Waals surface area contributed by atoms with Gasteiger partial charge in [0.05, 0.1) is 12.8 Å². The molecule has 0 bridgehead atoms. The van der Waals surface area contributed by atoms with Gasteiger partial charge in [-0.15, -0.1) is 0 Å². The summed E-state index contributed by atoms with van der Waals surface area (Å²) in [6, 6.07) is 5.72. The minimum atomic E-state index is 0.0672. The van der Waals surface area contributed by atoms with Crippen molar-refractivity contribution in [2.45, 2.75) is 19.4 Å². The van der Waals surface area contributed by atoms with Crippen molar-refractivity contribution < 1.29 is 4.74 Å². The van der Waals surface area contributed by atoms with E-state index in [9.17, 15) is 0 Å². The SMILES string of the molecule is CNC(Cc1c(C)nn(C)c1Cl)c1ccc(Cl)cc1OC. The van der Waals surface area contributed by atoms with Gasteiger partial charge in [0.25, 0.3) is 0 Å². The molecular weight excluding hydrogens is 309 g/mol. The van der Waals surface area contributed by atoms with Crippen LogP contribution in [-0.4, -0.2) is 23.9 Å². The average Bonchev–Trinajstić information content (AvgIpc) is 2.70. The van der Waals surface area contributed by atoms with Gasteiger partial charge in [-0.2, -0.15) is 5.10 Å². The summed E-state index contributed by atoms with van der Waals surface area (Å²) < 4.78 is 7.13. The molecule has 4 nitrogen and oxygen atoms in total. The zero-order valence-electron chi connectivity index (χ0n) is 12.6. The van der Waals surface area contributed by atoms with E-state index in [2.05, 4.69) is 10.4 Å². The maximum Gasteiger partial charge on any atom is 0.130 e. The van der Waals surface area contributed by atoms with Gasteiger partial charge < -0.3 is 10.1 Å². The quantitative estimate of drug-likeness (QED) is 0.912. The van der Waals surface area contributed by atoms with Crippen molar-refractivity contribution >= 4 is 23.2 Å². The van der Waals surface area contributed by atoms with Crippen LogP contribution in [-0.2, 0) is 13.5 Å². The lowest BCUT2D eigenvalue weighted by Crippen LogP contribution is -2.20. The summed E-state index contributed by atoms with van der Waals surface area (Å²) in [5.74, 6) is 0.763. The number of aromatic nitrogens is 2. The number of rotatable bonds is 5. The number of likely N-dealkylation sites (N-methyl/N-ethyl adjacent to an activating group) is 1. The molecule has 2 aromatic rings. The van der Waals surface area contributed by atoms with Crippen molar-refractivity contribution in [3.05, 3.63) is 45.2 Å². The smallest absolute Gasteiger partial charge is 0.130 e. The molecule has 0 radical (unpaired) electrons. The van der Waals surface area contributed by atoms with Crippen LogP contribution in [0.25, 0.3) is 0 Å². The Labute approximate surface area is 135 Å². The van der Waals surface area contributed by atoms with Crippen LogP contribution in [0.3, 0.4) is 0 Å². The van der Waals surface area contributed by atoms with Gasteiger partial charge in [-0.3, -0.25) is 4.68 Å². The van der Waals surface area contributed by atoms with Gasteiger partial charge in [0.15, 0.2) is 0 Å². The maximum absolute atomic E-state index is 6.32. The highest BCUT2D eigenvalue weighted by atomic mass is 35.5. The molecule has 1 aromatic carbocycles. The van der Waals surface area contributed by atoms with Gasteiger partial charge >= 0.3 is 0 Å². The third kappa shape index (κ3) is 3.34. The molecule has 114 valence electrons. The number of ether oxygens (including phenoxy) is 1. The third-order valence-corrected chi connectivity index (χ3v) is 4.31. The van der Waals surface area contributed by atoms with E-state index in [1.54, 1.807) is 11.8 Å². The van der Waals surface area contributed by atoms with Crippen LogP contribution in [0, 0.1) is 6.92 Å². The molecule has 2 rings (SSSR count). The highest BCUT2D eigenvalue weighted by Crippen LogP contribution is 2.32. The molecule has 0 amide bonds. The normalized spacial score (nSPS) is 12.5. The fourth-order valence-corrected chi connectivity index (χ4v) is 2.86. The van der Waals surface area contributed by atoms with E-state index in [0.29, 0.717) is 10.2 Å². The summed E-state index contributed by atoms with van der Waals surface area (Å²) in [5, 5.41) is 8.98. The van der Waals surface area contributed by atoms with Crippen LogP contribution in [0.4, 0.5) is 0 Å². The molecule has 0 fully saturated rings. The Kier molecular flexibility index (Phi) is 5.14. The minimum absolute atomic E-state index is 0.0672. The van der Waals surface area contributed by atoms with E-state index < -0.39 is 0 Å². The van der Waals surface area contributed by atoms with Crippen molar-refractivity contribution in [1.82, 2.24) is 15.1 Å². The summed E-state index contributed by atoms with van der Waals surface area (Å²) in [7, 11) is 5.40. The van der Waals surface area contributed by atoms with E-state index in [1.807, 2.05) is 39.2 Å². The van der Waals surface area contributed by atoms with E-state index in [4.69, 9.17) is 27.9 Å². The molecule has 1 atom stereocenters. The van der Waals surface area contributed by atoms with Crippen LogP contribution in [0.15, 0.2) is 18.2 Å². The number of hydrogen-bond donors (Lipinski definition) is 1. The van der Waals surface area contributed by atoms with E-state index in [1.165, 1.54) is 0 Å². The molecule has 0 saturated heterocycles. The Balaban J connectivity index is 2.36. The van der Waals surface area contributed by atoms with Crippen molar-refractivity contribution in [2.24, 2.45) is 7.05 Å². The third-order valence-electron chi connectivity index (χ3n) is 3.60. The van der Waals surface area contributed by atoms with Crippen LogP contribution in [0.2, 0.25) is 10.2 Å². The van der Waals surface area contributed by atoms with Crippen molar-refractivity contribution in [3.8, 4) is 5.75 Å². The lowest BCUT2D eigenvalue weighted by atomic mass is 9.98. The predicted octanol–water partition coefficient (Wildman–Crippen LogP) is 3.55. The fraction of sp³-hybridized carbons (Fsp3) is 0.400. The zero-order valence-corrected chi connectivity index (χ0v) is 14.1. The summed E-state index contributed by atoms with van der Waals surface area (Å²) in [6.07, 6.45) is 0.729. The van der Waals surface area contributed by atoms with E-state index in [-0.39, 0.29) is 6.04 Å². The Bertz CT molecular complexity index is 640. The number of halogens is 2. The van der Waals surface area contributed by atoms with Gasteiger partial charge in [0.2, 0.25) is 0 Å². The number of methoxy groups -OCH3 is 1. The second-order valence-corrected chi connectivity index (χ2v) is 5.70. The first-order chi connectivity index (χ1) is 9.97. The molecule has 0 aliphatic rings. The highest BCUT2D eigenvalue weighted by Gasteiger charge is 2.20. The summed E-state index contributed by atoms with van der Waals surface area (Å²) in [4.78, 5) is 0. The van der Waals surface area contributed by atoms with Crippen molar-refractivity contribution in [3.63, 3.8) is 0 Å². The van der Waals surface area contributed by atoms with E-state index in [0.717, 1.165) is 29.0 Å². The summed E-state index contributed by atoms with van der Waals surface area (Å²) in [6.45, 7) is 1.97. The van der Waals surface area contributed by atoms with Crippen molar-refractivity contribution in [2.75, 3.05) is 14.2 Å². The first-order valence-electron chi connectivity index (χ1n) is 6.66. The van der Waals surface area contributed by atoms with Gasteiger partial charge in [-0.05, 0) is 32.5 Å². The molecule has 0 saturated carbocycles. The van der Waals surface area contributed by atoms with Gasteiger partial charge in [-0.25, -0.2) is 0 Å². The first kappa shape index (κ1) is 16.1. The average molecular weight is 328 g/mol. The Hall–Kier alpha value is -1.23. The van der Waals surface area contributed by atoms with Crippen molar-refractivity contribution in [1.29, 1.82) is 0 Å². The molecule has 0 aliphatic carbocycles. The van der Waals surface area contributed by atoms with Gasteiger partial charge in [0.1, 0.15) is 10.9 Å². The monoisotopic (exact) mass is 327 g/mol. The zero-order chi connectivity index (χ0) is 15.6. The molecule has 1 unspecified atom stereocenters. The molecule has 1 aromatic heterocycles. The lowest BCUT2D eigenvalue weighted by molar-refractivity contribution is 0.401. The Morgan fingerprint density at radius 3 is 2.62 bits per heavy atom. The molecule has 1 heterocycles. The van der Waals surface area contributed by atoms with Crippen LogP contribution in [0.5, 0.6) is 5.75 Å². The molecular formula is C15H19Cl2N3O. The Morgan fingerprint density at radius 1 is 1.38 bits per heavy atom. The number of nitrogens with one attached hydrogen (secondary N) is 1. The van der Waals surface area contributed by atoms with Gasteiger partial charge in [-0.1, -0.05) is 29.3 Å². The Morgan fingerprint density at radius 2 is 2.10 bits per heavy atom. The van der Waals surface area contributed by atoms with E-state index >= 15 is 0 Å². The second-order valence-electron chi connectivity index (χ2n) is 4.91. The molecule has 1 N–H and O–H groups in total. The van der Waals surface area contributed by atoms with Crippen LogP contribution in [0.1, 0.15) is 22.9 Å². The topological polar surface area (TPSA) is 39.1 Å². The highest BCUT2D eigenvalue weighted by molar-refractivity contribution is 6.30. The maximum atomic E-state index is 6.32.